The molecule has 0 aromatic heterocycles. The third-order valence-corrected chi connectivity index (χ3v) is 1.92. The summed E-state index contributed by atoms with van der Waals surface area (Å²) in [6, 6.07) is 6.96. The number of anilines is 1. The van der Waals surface area contributed by atoms with Gasteiger partial charge in [-0.1, -0.05) is 17.9 Å². The van der Waals surface area contributed by atoms with Crippen molar-refractivity contribution in [2.75, 3.05) is 24.9 Å². The highest BCUT2D eigenvalue weighted by Crippen LogP contribution is 2.16. The molecule has 5 heteroatoms. The zero-order valence-electron chi connectivity index (χ0n) is 9.33. The summed E-state index contributed by atoms with van der Waals surface area (Å²) in [5.74, 6) is 6.04. The van der Waals surface area contributed by atoms with Gasteiger partial charge in [0.15, 0.2) is 6.61 Å². The van der Waals surface area contributed by atoms with Crippen molar-refractivity contribution in [3.05, 3.63) is 24.3 Å². The SMILES string of the molecule is COc1cccc(NC(=O)OCC#CCCl)c1. The fourth-order valence-corrected chi connectivity index (χ4v) is 1.15. The van der Waals surface area contributed by atoms with Gasteiger partial charge in [-0.05, 0) is 12.1 Å². The normalized spacial score (nSPS) is 8.82. The minimum atomic E-state index is -0.567. The van der Waals surface area contributed by atoms with E-state index in [1.807, 2.05) is 0 Å². The fourth-order valence-electron chi connectivity index (χ4n) is 1.05. The number of alkyl halides is 1. The van der Waals surface area contributed by atoms with Crippen LogP contribution >= 0.6 is 11.6 Å². The lowest BCUT2D eigenvalue weighted by atomic mass is 10.3. The Morgan fingerprint density at radius 2 is 2.29 bits per heavy atom. The number of carbonyl (C=O) groups is 1. The Kier molecular flexibility index (Phi) is 5.76. The average Bonchev–Trinajstić information content (AvgIpc) is 2.35. The second-order valence-corrected chi connectivity index (χ2v) is 3.19. The van der Waals surface area contributed by atoms with Gasteiger partial charge in [-0.2, -0.15) is 0 Å². The van der Waals surface area contributed by atoms with E-state index in [0.717, 1.165) is 0 Å². The summed E-state index contributed by atoms with van der Waals surface area (Å²) < 4.78 is 9.82. The van der Waals surface area contributed by atoms with Crippen molar-refractivity contribution in [1.82, 2.24) is 0 Å². The van der Waals surface area contributed by atoms with Crippen LogP contribution in [0, 0.1) is 11.8 Å². The lowest BCUT2D eigenvalue weighted by molar-refractivity contribution is 0.176. The zero-order chi connectivity index (χ0) is 12.5. The highest BCUT2D eigenvalue weighted by Gasteiger charge is 2.02. The quantitative estimate of drug-likeness (QED) is 0.665. The minimum Gasteiger partial charge on any atom is -0.497 e. The standard InChI is InChI=1S/C12H12ClNO3/c1-16-11-6-4-5-10(9-11)14-12(15)17-8-3-2-7-13/h4-6,9H,7-8H2,1H3,(H,14,15). The van der Waals surface area contributed by atoms with Gasteiger partial charge in [0.2, 0.25) is 0 Å². The van der Waals surface area contributed by atoms with E-state index in [0.29, 0.717) is 11.4 Å². The van der Waals surface area contributed by atoms with Crippen LogP contribution in [0.4, 0.5) is 10.5 Å². The van der Waals surface area contributed by atoms with E-state index in [-0.39, 0.29) is 12.5 Å². The number of amides is 1. The summed E-state index contributed by atoms with van der Waals surface area (Å²) >= 11 is 5.34. The summed E-state index contributed by atoms with van der Waals surface area (Å²) in [6.07, 6.45) is -0.567. The van der Waals surface area contributed by atoms with Gasteiger partial charge in [0, 0.05) is 11.8 Å². The summed E-state index contributed by atoms with van der Waals surface area (Å²) in [7, 11) is 1.55. The molecule has 1 rings (SSSR count). The van der Waals surface area contributed by atoms with E-state index in [4.69, 9.17) is 21.1 Å². The van der Waals surface area contributed by atoms with Gasteiger partial charge >= 0.3 is 6.09 Å². The Labute approximate surface area is 105 Å². The summed E-state index contributed by atoms with van der Waals surface area (Å²) in [5.41, 5.74) is 0.597. The first-order valence-corrected chi connectivity index (χ1v) is 5.39. The van der Waals surface area contributed by atoms with Crippen LogP contribution in [-0.2, 0) is 4.74 Å². The fraction of sp³-hybridized carbons (Fsp3) is 0.250. The molecule has 0 atom stereocenters. The molecule has 90 valence electrons. The van der Waals surface area contributed by atoms with Crippen molar-refractivity contribution in [1.29, 1.82) is 0 Å². The van der Waals surface area contributed by atoms with Crippen molar-refractivity contribution < 1.29 is 14.3 Å². The van der Waals surface area contributed by atoms with Crippen LogP contribution < -0.4 is 10.1 Å². The first-order valence-electron chi connectivity index (χ1n) is 4.86. The minimum absolute atomic E-state index is 0.0164. The number of nitrogens with one attached hydrogen (secondary N) is 1. The van der Waals surface area contributed by atoms with Crippen LogP contribution in [0.25, 0.3) is 0 Å². The number of benzene rings is 1. The van der Waals surface area contributed by atoms with Gasteiger partial charge < -0.3 is 9.47 Å². The molecule has 0 radical (unpaired) electrons. The molecule has 1 N–H and O–H groups in total. The highest BCUT2D eigenvalue weighted by atomic mass is 35.5. The molecule has 0 aliphatic heterocycles. The maximum absolute atomic E-state index is 11.3. The zero-order valence-corrected chi connectivity index (χ0v) is 10.1. The third-order valence-electron chi connectivity index (χ3n) is 1.78. The molecule has 0 saturated carbocycles. The number of carbonyl (C=O) groups excluding carboxylic acids is 1. The maximum atomic E-state index is 11.3. The lowest BCUT2D eigenvalue weighted by Gasteiger charge is -2.06. The van der Waals surface area contributed by atoms with Gasteiger partial charge in [-0.3, -0.25) is 5.32 Å². The van der Waals surface area contributed by atoms with E-state index in [1.54, 1.807) is 31.4 Å². The molecule has 1 aromatic carbocycles. The predicted molar refractivity (Wildman–Crippen MR) is 66.5 cm³/mol. The van der Waals surface area contributed by atoms with Crippen molar-refractivity contribution in [2.24, 2.45) is 0 Å². The number of hydrogen-bond donors (Lipinski definition) is 1. The molecule has 0 spiro atoms. The second kappa shape index (κ2) is 7.42. The summed E-state index contributed by atoms with van der Waals surface area (Å²) in [6.45, 7) is 0.0164. The van der Waals surface area contributed by atoms with Crippen molar-refractivity contribution >= 4 is 23.4 Å². The highest BCUT2D eigenvalue weighted by molar-refractivity contribution is 6.19. The first kappa shape index (κ1) is 13.2. The molecule has 0 heterocycles. The molecule has 17 heavy (non-hydrogen) atoms. The van der Waals surface area contributed by atoms with Crippen LogP contribution in [0.15, 0.2) is 24.3 Å². The molecular weight excluding hydrogens is 242 g/mol. The molecule has 4 nitrogen and oxygen atoms in total. The van der Waals surface area contributed by atoms with Crippen LogP contribution in [0.2, 0.25) is 0 Å². The number of rotatable bonds is 3. The number of methoxy groups -OCH3 is 1. The number of hydrogen-bond acceptors (Lipinski definition) is 3. The van der Waals surface area contributed by atoms with Crippen molar-refractivity contribution in [2.45, 2.75) is 0 Å². The number of halogens is 1. The number of ether oxygens (including phenoxy) is 2. The van der Waals surface area contributed by atoms with Gasteiger partial charge in [0.1, 0.15) is 5.75 Å². The molecular formula is C12H12ClNO3. The Morgan fingerprint density at radius 3 is 3.00 bits per heavy atom. The maximum Gasteiger partial charge on any atom is 0.412 e. The van der Waals surface area contributed by atoms with Crippen LogP contribution in [0.3, 0.4) is 0 Å². The van der Waals surface area contributed by atoms with Gasteiger partial charge in [0.25, 0.3) is 0 Å². The van der Waals surface area contributed by atoms with Crippen LogP contribution in [0.1, 0.15) is 0 Å². The largest absolute Gasteiger partial charge is 0.497 e. The Hall–Kier alpha value is -1.86. The smallest absolute Gasteiger partial charge is 0.412 e. The Morgan fingerprint density at radius 1 is 1.47 bits per heavy atom. The lowest BCUT2D eigenvalue weighted by Crippen LogP contribution is -2.13. The predicted octanol–water partition coefficient (Wildman–Crippen LogP) is 2.49. The van der Waals surface area contributed by atoms with E-state index >= 15 is 0 Å². The molecule has 0 aliphatic rings. The monoisotopic (exact) mass is 253 g/mol. The van der Waals surface area contributed by atoms with Crippen molar-refractivity contribution in [3.8, 4) is 17.6 Å². The Balaban J connectivity index is 2.44. The molecule has 1 amide bonds. The molecule has 0 fully saturated rings. The summed E-state index contributed by atoms with van der Waals surface area (Å²) in [4.78, 5) is 11.3. The van der Waals surface area contributed by atoms with E-state index < -0.39 is 6.09 Å². The first-order chi connectivity index (χ1) is 8.26. The molecule has 0 unspecified atom stereocenters. The summed E-state index contributed by atoms with van der Waals surface area (Å²) in [5, 5.41) is 2.55. The molecule has 0 aliphatic carbocycles. The molecule has 0 bridgehead atoms. The molecule has 0 saturated heterocycles. The van der Waals surface area contributed by atoms with Crippen LogP contribution in [0.5, 0.6) is 5.75 Å². The van der Waals surface area contributed by atoms with E-state index in [9.17, 15) is 4.79 Å². The van der Waals surface area contributed by atoms with Crippen LogP contribution in [-0.4, -0.2) is 25.7 Å². The van der Waals surface area contributed by atoms with Gasteiger partial charge in [-0.15, -0.1) is 11.6 Å². The average molecular weight is 254 g/mol. The van der Waals surface area contributed by atoms with Crippen molar-refractivity contribution in [3.63, 3.8) is 0 Å². The Bertz CT molecular complexity index is 437. The van der Waals surface area contributed by atoms with E-state index in [1.165, 1.54) is 0 Å². The second-order valence-electron chi connectivity index (χ2n) is 2.92. The van der Waals surface area contributed by atoms with Gasteiger partial charge in [0.05, 0.1) is 13.0 Å². The van der Waals surface area contributed by atoms with Gasteiger partial charge in [-0.25, -0.2) is 4.79 Å². The molecule has 1 aromatic rings. The third kappa shape index (κ3) is 5.14. The van der Waals surface area contributed by atoms with E-state index in [2.05, 4.69) is 17.2 Å². The topological polar surface area (TPSA) is 47.6 Å².